The van der Waals surface area contributed by atoms with E-state index in [0.29, 0.717) is 24.1 Å². The number of hydrogen-bond donors (Lipinski definition) is 4. The second-order valence-corrected chi connectivity index (χ2v) is 9.09. The van der Waals surface area contributed by atoms with Crippen LogP contribution < -0.4 is 5.32 Å². The summed E-state index contributed by atoms with van der Waals surface area (Å²) in [5, 5.41) is 25.7. The Morgan fingerprint density at radius 2 is 1.83 bits per heavy atom. The van der Waals surface area contributed by atoms with E-state index in [1.54, 1.807) is 12.1 Å². The van der Waals surface area contributed by atoms with E-state index in [9.17, 15) is 9.18 Å². The molecule has 0 aliphatic carbocycles. The number of likely N-dealkylation sites (N-methyl/N-ethyl adjacent to an activating group) is 1. The number of fused-ring (bicyclic) bond motifs is 2. The van der Waals surface area contributed by atoms with Crippen molar-refractivity contribution in [3.8, 4) is 0 Å². The van der Waals surface area contributed by atoms with E-state index in [4.69, 9.17) is 19.8 Å². The Hall–Kier alpha value is -3.31. The van der Waals surface area contributed by atoms with Crippen molar-refractivity contribution >= 4 is 17.8 Å². The molecular formula is C24H32FN5O5. The summed E-state index contributed by atoms with van der Waals surface area (Å²) >= 11 is 0. The summed E-state index contributed by atoms with van der Waals surface area (Å²) in [5.41, 5.74) is 3.49. The largest absolute Gasteiger partial charge is 0.481 e. The van der Waals surface area contributed by atoms with E-state index in [0.717, 1.165) is 63.3 Å². The van der Waals surface area contributed by atoms with Crippen molar-refractivity contribution in [1.29, 1.82) is 0 Å². The molecule has 4 N–H and O–H groups in total. The molecule has 2 aromatic rings. The number of carbonyl (C=O) groups is 3. The first-order valence-corrected chi connectivity index (χ1v) is 11.5. The average molecular weight is 490 g/mol. The van der Waals surface area contributed by atoms with Gasteiger partial charge in [0.25, 0.3) is 17.8 Å². The number of halogens is 1. The Kier molecular flexibility index (Phi) is 8.57. The van der Waals surface area contributed by atoms with Crippen LogP contribution in [0.5, 0.6) is 0 Å². The maximum atomic E-state index is 13.9. The minimum absolute atomic E-state index is 0.0357. The third-order valence-corrected chi connectivity index (χ3v) is 6.34. The van der Waals surface area contributed by atoms with Gasteiger partial charge in [0.1, 0.15) is 5.82 Å². The molecule has 3 atom stereocenters. The van der Waals surface area contributed by atoms with Crippen LogP contribution in [0.3, 0.4) is 0 Å². The minimum atomic E-state index is -0.833. The number of nitrogens with zero attached hydrogens (tertiary/aromatic N) is 3. The molecule has 0 unspecified atom stereocenters. The third-order valence-electron chi connectivity index (χ3n) is 6.34. The first-order chi connectivity index (χ1) is 16.6. The van der Waals surface area contributed by atoms with Crippen LogP contribution in [0, 0.1) is 17.7 Å². The zero-order valence-electron chi connectivity index (χ0n) is 20.1. The second kappa shape index (κ2) is 11.4. The molecule has 0 bridgehead atoms. The highest BCUT2D eigenvalue weighted by molar-refractivity contribution is 5.94. The molecule has 0 saturated carbocycles. The summed E-state index contributed by atoms with van der Waals surface area (Å²) in [6.45, 7) is 6.32. The normalized spacial score (nSPS) is 22.7. The van der Waals surface area contributed by atoms with Gasteiger partial charge in [-0.15, -0.1) is 0 Å². The van der Waals surface area contributed by atoms with Gasteiger partial charge < -0.3 is 25.3 Å². The number of aliphatic carboxylic acids is 2. The Balaban J connectivity index is 0.000000376. The zero-order chi connectivity index (χ0) is 25.7. The number of aromatic nitrogens is 2. The maximum absolute atomic E-state index is 13.9. The SMILES string of the molecule is CC(=O)O.CC(=O)O.CN1CCc2[nH]nc(C(=O)N3C[C@@H]4CNC[C@@H]4[C@@H]3c3cccc(F)c3)c2C1. The van der Waals surface area contributed by atoms with Crippen molar-refractivity contribution in [2.24, 2.45) is 11.8 Å². The quantitative estimate of drug-likeness (QED) is 0.501. The number of aromatic amines is 1. The summed E-state index contributed by atoms with van der Waals surface area (Å²) in [6.07, 6.45) is 0.884. The number of benzene rings is 1. The average Bonchev–Trinajstić information content (AvgIpc) is 3.46. The van der Waals surface area contributed by atoms with Crippen molar-refractivity contribution in [2.75, 3.05) is 33.2 Å². The lowest BCUT2D eigenvalue weighted by molar-refractivity contribution is -0.135. The Bertz CT molecular complexity index is 1050. The van der Waals surface area contributed by atoms with Gasteiger partial charge in [0.05, 0.1) is 6.04 Å². The fourth-order valence-corrected chi connectivity index (χ4v) is 4.99. The minimum Gasteiger partial charge on any atom is -0.481 e. The molecule has 35 heavy (non-hydrogen) atoms. The number of amides is 1. The van der Waals surface area contributed by atoms with Crippen LogP contribution in [0.2, 0.25) is 0 Å². The molecule has 5 rings (SSSR count). The van der Waals surface area contributed by atoms with Gasteiger partial charge in [-0.3, -0.25) is 19.5 Å². The molecule has 10 nitrogen and oxygen atoms in total. The van der Waals surface area contributed by atoms with E-state index in [-0.39, 0.29) is 17.8 Å². The Morgan fingerprint density at radius 1 is 1.14 bits per heavy atom. The standard InChI is InChI=1S/C20H24FN5O.2C2H4O2/c1-25-6-5-17-16(11-25)18(24-23-17)20(27)26-10-13-8-22-9-15(13)19(26)12-3-2-4-14(21)7-12;2*1-2(3)4/h2-4,7,13,15,19,22H,5-6,8-11H2,1H3,(H,23,24);2*1H3,(H,3,4)/t13-,15-,19-;;/m0../s1. The highest BCUT2D eigenvalue weighted by Crippen LogP contribution is 2.43. The van der Waals surface area contributed by atoms with Gasteiger partial charge in [-0.2, -0.15) is 5.10 Å². The predicted molar refractivity (Wildman–Crippen MR) is 125 cm³/mol. The molecule has 1 aromatic carbocycles. The van der Waals surface area contributed by atoms with Crippen LogP contribution in [0.25, 0.3) is 0 Å². The highest BCUT2D eigenvalue weighted by Gasteiger charge is 2.47. The molecule has 3 aliphatic heterocycles. The lowest BCUT2D eigenvalue weighted by Crippen LogP contribution is -2.36. The summed E-state index contributed by atoms with van der Waals surface area (Å²) < 4.78 is 13.9. The van der Waals surface area contributed by atoms with Crippen molar-refractivity contribution in [3.63, 3.8) is 0 Å². The monoisotopic (exact) mass is 489 g/mol. The number of likely N-dealkylation sites (tertiary alicyclic amines) is 1. The lowest BCUT2D eigenvalue weighted by Gasteiger charge is -2.29. The number of carboxylic acids is 2. The summed E-state index contributed by atoms with van der Waals surface area (Å²) in [5.74, 6) is -1.24. The van der Waals surface area contributed by atoms with Crippen molar-refractivity contribution in [3.05, 3.63) is 52.6 Å². The number of carboxylic acid groups (broad SMARTS) is 2. The van der Waals surface area contributed by atoms with Gasteiger partial charge in [-0.05, 0) is 30.7 Å². The summed E-state index contributed by atoms with van der Waals surface area (Å²) in [7, 11) is 2.06. The maximum Gasteiger partial charge on any atom is 0.300 e. The number of nitrogens with one attached hydrogen (secondary N) is 2. The first-order valence-electron chi connectivity index (χ1n) is 11.5. The molecule has 2 saturated heterocycles. The van der Waals surface area contributed by atoms with Crippen molar-refractivity contribution in [2.45, 2.75) is 32.9 Å². The van der Waals surface area contributed by atoms with E-state index in [1.807, 2.05) is 11.0 Å². The van der Waals surface area contributed by atoms with Gasteiger partial charge in [-0.1, -0.05) is 12.1 Å². The molecule has 4 heterocycles. The molecule has 0 radical (unpaired) electrons. The molecule has 1 amide bonds. The van der Waals surface area contributed by atoms with Crippen LogP contribution in [0.4, 0.5) is 4.39 Å². The Morgan fingerprint density at radius 3 is 2.49 bits per heavy atom. The van der Waals surface area contributed by atoms with Gasteiger partial charge in [0.2, 0.25) is 0 Å². The van der Waals surface area contributed by atoms with E-state index >= 15 is 0 Å². The summed E-state index contributed by atoms with van der Waals surface area (Å²) in [6, 6.07) is 6.58. The van der Waals surface area contributed by atoms with Gasteiger partial charge >= 0.3 is 0 Å². The fraction of sp³-hybridized carbons (Fsp3) is 0.500. The van der Waals surface area contributed by atoms with Crippen LogP contribution in [-0.4, -0.2) is 81.3 Å². The van der Waals surface area contributed by atoms with Crippen molar-refractivity contribution in [1.82, 2.24) is 25.3 Å². The number of carbonyl (C=O) groups excluding carboxylic acids is 1. The molecule has 0 spiro atoms. The smallest absolute Gasteiger partial charge is 0.300 e. The van der Waals surface area contributed by atoms with Crippen LogP contribution in [0.15, 0.2) is 24.3 Å². The van der Waals surface area contributed by atoms with E-state index < -0.39 is 11.9 Å². The predicted octanol–water partition coefficient (Wildman–Crippen LogP) is 1.75. The Labute approximate surface area is 203 Å². The molecular weight excluding hydrogens is 457 g/mol. The van der Waals surface area contributed by atoms with Gasteiger partial charge in [-0.25, -0.2) is 4.39 Å². The zero-order valence-corrected chi connectivity index (χ0v) is 20.1. The van der Waals surface area contributed by atoms with Gasteiger partial charge in [0.15, 0.2) is 5.69 Å². The number of H-pyrrole nitrogens is 1. The van der Waals surface area contributed by atoms with Crippen LogP contribution >= 0.6 is 0 Å². The fourth-order valence-electron chi connectivity index (χ4n) is 4.99. The molecule has 3 aliphatic rings. The van der Waals surface area contributed by atoms with Crippen LogP contribution in [-0.2, 0) is 22.6 Å². The van der Waals surface area contributed by atoms with Crippen molar-refractivity contribution < 1.29 is 29.0 Å². The molecule has 11 heteroatoms. The van der Waals surface area contributed by atoms with E-state index in [2.05, 4.69) is 27.5 Å². The van der Waals surface area contributed by atoms with Crippen LogP contribution in [0.1, 0.15) is 47.2 Å². The third kappa shape index (κ3) is 6.43. The van der Waals surface area contributed by atoms with E-state index in [1.165, 1.54) is 6.07 Å². The van der Waals surface area contributed by atoms with Gasteiger partial charge in [0, 0.05) is 70.2 Å². The lowest BCUT2D eigenvalue weighted by atomic mass is 9.89. The number of hydrogen-bond acceptors (Lipinski definition) is 6. The second-order valence-electron chi connectivity index (χ2n) is 9.09. The highest BCUT2D eigenvalue weighted by atomic mass is 19.1. The number of rotatable bonds is 2. The molecule has 190 valence electrons. The first kappa shape index (κ1) is 26.3. The molecule has 2 fully saturated rings. The topological polar surface area (TPSA) is 139 Å². The summed E-state index contributed by atoms with van der Waals surface area (Å²) in [4.78, 5) is 35.6. The molecule has 1 aromatic heterocycles.